The molecule has 1 saturated carbocycles. The summed E-state index contributed by atoms with van der Waals surface area (Å²) in [6, 6.07) is 2.76. The van der Waals surface area contributed by atoms with E-state index in [1.54, 1.807) is 0 Å². The average molecular weight is 293 g/mol. The molecule has 2 atom stereocenters. The van der Waals surface area contributed by atoms with Gasteiger partial charge in [-0.05, 0) is 58.1 Å². The minimum atomic E-state index is 0.268. The molecule has 2 heterocycles. The van der Waals surface area contributed by atoms with Crippen LogP contribution in [0.25, 0.3) is 0 Å². The highest BCUT2D eigenvalue weighted by atomic mass is 32.1. The Morgan fingerprint density at radius 2 is 2.10 bits per heavy atom. The standard InChI is InChI=1S/C17H27NOS/c1-12-10-16(14(3)20-12)13(2)18-11-15-6-9-17(19-15)7-4-5-8-17/h10,13,15,18H,4-9,11H2,1-3H3. The Morgan fingerprint density at radius 1 is 1.35 bits per heavy atom. The average Bonchev–Trinajstić information content (AvgIpc) is 3.10. The van der Waals surface area contributed by atoms with Crippen LogP contribution < -0.4 is 5.32 Å². The summed E-state index contributed by atoms with van der Waals surface area (Å²) in [6.07, 6.45) is 8.26. The van der Waals surface area contributed by atoms with Crippen molar-refractivity contribution in [2.45, 2.75) is 77.0 Å². The molecule has 1 aromatic heterocycles. The van der Waals surface area contributed by atoms with E-state index in [-0.39, 0.29) is 5.60 Å². The third kappa shape index (κ3) is 2.95. The van der Waals surface area contributed by atoms with Crippen LogP contribution in [0.4, 0.5) is 0 Å². The molecule has 1 spiro atoms. The summed E-state index contributed by atoms with van der Waals surface area (Å²) in [6.45, 7) is 7.69. The van der Waals surface area contributed by atoms with Gasteiger partial charge >= 0.3 is 0 Å². The predicted molar refractivity (Wildman–Crippen MR) is 85.5 cm³/mol. The van der Waals surface area contributed by atoms with Crippen LogP contribution >= 0.6 is 11.3 Å². The summed E-state index contributed by atoms with van der Waals surface area (Å²) in [5.41, 5.74) is 1.73. The van der Waals surface area contributed by atoms with Crippen molar-refractivity contribution >= 4 is 11.3 Å². The number of nitrogens with one attached hydrogen (secondary N) is 1. The van der Waals surface area contributed by atoms with Gasteiger partial charge in [-0.1, -0.05) is 12.8 Å². The second kappa shape index (κ2) is 5.78. The minimum Gasteiger partial charge on any atom is -0.370 e. The maximum Gasteiger partial charge on any atom is 0.0708 e. The van der Waals surface area contributed by atoms with Crippen molar-refractivity contribution < 1.29 is 4.74 Å². The van der Waals surface area contributed by atoms with E-state index in [1.165, 1.54) is 53.8 Å². The molecular weight excluding hydrogens is 266 g/mol. The number of thiophene rings is 1. The van der Waals surface area contributed by atoms with E-state index in [1.807, 2.05) is 11.3 Å². The van der Waals surface area contributed by atoms with E-state index in [0.717, 1.165) is 6.54 Å². The fourth-order valence-corrected chi connectivity index (χ4v) is 4.95. The second-order valence-corrected chi connectivity index (χ2v) is 8.13. The molecule has 0 amide bonds. The molecule has 1 aromatic rings. The van der Waals surface area contributed by atoms with E-state index < -0.39 is 0 Å². The molecule has 2 aliphatic rings. The first-order chi connectivity index (χ1) is 9.58. The van der Waals surface area contributed by atoms with Crippen LogP contribution in [-0.4, -0.2) is 18.2 Å². The lowest BCUT2D eigenvalue weighted by atomic mass is 9.98. The number of aryl methyl sites for hydroxylation is 2. The van der Waals surface area contributed by atoms with Crippen LogP contribution in [0, 0.1) is 13.8 Å². The van der Waals surface area contributed by atoms with Crippen LogP contribution in [-0.2, 0) is 4.74 Å². The molecule has 1 saturated heterocycles. The highest BCUT2D eigenvalue weighted by molar-refractivity contribution is 7.12. The highest BCUT2D eigenvalue weighted by Gasteiger charge is 2.41. The Bertz CT molecular complexity index is 462. The molecular formula is C17H27NOS. The van der Waals surface area contributed by atoms with Crippen molar-refractivity contribution in [1.82, 2.24) is 5.32 Å². The normalized spacial score (nSPS) is 26.4. The van der Waals surface area contributed by atoms with Crippen molar-refractivity contribution in [2.75, 3.05) is 6.54 Å². The lowest BCUT2D eigenvalue weighted by molar-refractivity contribution is -0.0357. The van der Waals surface area contributed by atoms with Gasteiger partial charge in [0.25, 0.3) is 0 Å². The smallest absolute Gasteiger partial charge is 0.0708 e. The molecule has 112 valence electrons. The van der Waals surface area contributed by atoms with Crippen LogP contribution in [0.5, 0.6) is 0 Å². The van der Waals surface area contributed by atoms with Crippen molar-refractivity contribution in [2.24, 2.45) is 0 Å². The van der Waals surface area contributed by atoms with Gasteiger partial charge in [-0.3, -0.25) is 0 Å². The van der Waals surface area contributed by atoms with Crippen molar-refractivity contribution in [3.05, 3.63) is 21.4 Å². The highest BCUT2D eigenvalue weighted by Crippen LogP contribution is 2.43. The third-order valence-corrected chi connectivity index (χ3v) is 6.03. The molecule has 0 aromatic carbocycles. The fraction of sp³-hybridized carbons (Fsp3) is 0.765. The Hall–Kier alpha value is -0.380. The van der Waals surface area contributed by atoms with Crippen molar-refractivity contribution in [3.63, 3.8) is 0 Å². The lowest BCUT2D eigenvalue weighted by Crippen LogP contribution is -2.32. The van der Waals surface area contributed by atoms with E-state index in [9.17, 15) is 0 Å². The Kier molecular flexibility index (Phi) is 4.21. The van der Waals surface area contributed by atoms with Gasteiger partial charge in [0.15, 0.2) is 0 Å². The molecule has 2 nitrogen and oxygen atoms in total. The van der Waals surface area contributed by atoms with Gasteiger partial charge in [0.1, 0.15) is 0 Å². The first-order valence-corrected chi connectivity index (χ1v) is 8.88. The maximum absolute atomic E-state index is 6.37. The molecule has 2 unspecified atom stereocenters. The van der Waals surface area contributed by atoms with Gasteiger partial charge in [0.05, 0.1) is 11.7 Å². The third-order valence-electron chi connectivity index (χ3n) is 5.05. The van der Waals surface area contributed by atoms with Gasteiger partial charge in [-0.25, -0.2) is 0 Å². The number of hydrogen-bond donors (Lipinski definition) is 1. The molecule has 0 radical (unpaired) electrons. The van der Waals surface area contributed by atoms with Crippen LogP contribution in [0.1, 0.15) is 66.8 Å². The Morgan fingerprint density at radius 3 is 2.75 bits per heavy atom. The minimum absolute atomic E-state index is 0.268. The maximum atomic E-state index is 6.37. The fourth-order valence-electron chi connectivity index (χ4n) is 3.92. The molecule has 1 aliphatic heterocycles. The summed E-state index contributed by atoms with van der Waals surface area (Å²) in [5.74, 6) is 0. The quantitative estimate of drug-likeness (QED) is 0.882. The van der Waals surface area contributed by atoms with E-state index in [0.29, 0.717) is 12.1 Å². The van der Waals surface area contributed by atoms with Crippen molar-refractivity contribution in [3.8, 4) is 0 Å². The molecule has 2 fully saturated rings. The van der Waals surface area contributed by atoms with Gasteiger partial charge in [0.2, 0.25) is 0 Å². The zero-order chi connectivity index (χ0) is 14.2. The van der Waals surface area contributed by atoms with Crippen LogP contribution in [0.3, 0.4) is 0 Å². The van der Waals surface area contributed by atoms with E-state index in [4.69, 9.17) is 4.74 Å². The van der Waals surface area contributed by atoms with Crippen LogP contribution in [0.15, 0.2) is 6.07 Å². The summed E-state index contributed by atoms with van der Waals surface area (Å²) in [4.78, 5) is 2.86. The topological polar surface area (TPSA) is 21.3 Å². The predicted octanol–water partition coefficient (Wildman–Crippen LogP) is 4.51. The van der Waals surface area contributed by atoms with Gasteiger partial charge in [-0.15, -0.1) is 11.3 Å². The van der Waals surface area contributed by atoms with Gasteiger partial charge in [0, 0.05) is 22.3 Å². The summed E-state index contributed by atoms with van der Waals surface area (Å²) in [7, 11) is 0. The second-order valence-electron chi connectivity index (χ2n) is 6.67. The van der Waals surface area contributed by atoms with Gasteiger partial charge in [-0.2, -0.15) is 0 Å². The molecule has 3 rings (SSSR count). The van der Waals surface area contributed by atoms with Crippen LogP contribution in [0.2, 0.25) is 0 Å². The number of hydrogen-bond acceptors (Lipinski definition) is 3. The first kappa shape index (κ1) is 14.6. The zero-order valence-corrected chi connectivity index (χ0v) is 13.8. The lowest BCUT2D eigenvalue weighted by Gasteiger charge is -2.24. The van der Waals surface area contributed by atoms with E-state index in [2.05, 4.69) is 32.2 Å². The van der Waals surface area contributed by atoms with E-state index >= 15 is 0 Å². The molecule has 1 aliphatic carbocycles. The summed E-state index contributed by atoms with van der Waals surface area (Å²) in [5, 5.41) is 3.68. The summed E-state index contributed by atoms with van der Waals surface area (Å²) < 4.78 is 6.37. The molecule has 0 bridgehead atoms. The SMILES string of the molecule is Cc1cc(C(C)NCC2CCC3(CCCC3)O2)c(C)s1. The monoisotopic (exact) mass is 293 g/mol. The number of ether oxygens (including phenoxy) is 1. The zero-order valence-electron chi connectivity index (χ0n) is 13.0. The first-order valence-electron chi connectivity index (χ1n) is 8.06. The van der Waals surface area contributed by atoms with Crippen molar-refractivity contribution in [1.29, 1.82) is 0 Å². The Balaban J connectivity index is 1.51. The van der Waals surface area contributed by atoms with Gasteiger partial charge < -0.3 is 10.1 Å². The Labute approximate surface area is 126 Å². The number of rotatable bonds is 4. The summed E-state index contributed by atoms with van der Waals surface area (Å²) >= 11 is 1.90. The molecule has 3 heteroatoms. The molecule has 20 heavy (non-hydrogen) atoms. The largest absolute Gasteiger partial charge is 0.370 e. The molecule has 1 N–H and O–H groups in total.